The summed E-state index contributed by atoms with van der Waals surface area (Å²) in [6, 6.07) is 5.61. The van der Waals surface area contributed by atoms with Gasteiger partial charge in [-0.1, -0.05) is 12.8 Å². The van der Waals surface area contributed by atoms with Gasteiger partial charge in [0.05, 0.1) is 25.3 Å². The van der Waals surface area contributed by atoms with Crippen LogP contribution in [-0.4, -0.2) is 69.6 Å². The van der Waals surface area contributed by atoms with Crippen LogP contribution < -0.4 is 4.74 Å². The molecule has 4 rings (SSSR count). The van der Waals surface area contributed by atoms with Crippen molar-refractivity contribution in [2.75, 3.05) is 39.1 Å². The Hall–Kier alpha value is -1.38. The van der Waals surface area contributed by atoms with Gasteiger partial charge in [-0.25, -0.2) is 0 Å². The Morgan fingerprint density at radius 1 is 1.21 bits per heavy atom. The second-order valence-corrected chi connectivity index (χ2v) is 11.5. The second-order valence-electron chi connectivity index (χ2n) is 10.1. The number of hydrogen-bond acceptors (Lipinski definition) is 7. The maximum absolute atomic E-state index is 11.2. The first-order valence-corrected chi connectivity index (χ1v) is 13.8. The van der Waals surface area contributed by atoms with Crippen LogP contribution >= 0.6 is 11.8 Å². The molecule has 1 aliphatic heterocycles. The van der Waals surface area contributed by atoms with Gasteiger partial charge < -0.3 is 25.0 Å². The highest BCUT2D eigenvalue weighted by molar-refractivity contribution is 7.99. The number of aliphatic hydroxyl groups is 3. The summed E-state index contributed by atoms with van der Waals surface area (Å²) in [7, 11) is 1.62. The lowest BCUT2D eigenvalue weighted by Crippen LogP contribution is -2.43. The predicted molar refractivity (Wildman–Crippen MR) is 138 cm³/mol. The van der Waals surface area contributed by atoms with Crippen LogP contribution in [0.5, 0.6) is 5.75 Å². The number of hydrogen-bond donors (Lipinski definition) is 3. The summed E-state index contributed by atoms with van der Waals surface area (Å²) in [6.07, 6.45) is 9.71. The third-order valence-electron chi connectivity index (χ3n) is 7.97. The smallest absolute Gasteiger partial charge is 0.119 e. The molecule has 188 valence electrons. The zero-order chi connectivity index (χ0) is 24.0. The van der Waals surface area contributed by atoms with Gasteiger partial charge >= 0.3 is 0 Å². The zero-order valence-electron chi connectivity index (χ0n) is 20.4. The normalized spacial score (nSPS) is 20.1. The molecule has 2 heterocycles. The Kier molecular flexibility index (Phi) is 9.10. The van der Waals surface area contributed by atoms with E-state index in [1.807, 2.05) is 18.2 Å². The van der Waals surface area contributed by atoms with Crippen molar-refractivity contribution in [3.05, 3.63) is 35.5 Å². The van der Waals surface area contributed by atoms with Gasteiger partial charge in [0.25, 0.3) is 0 Å². The molecule has 1 atom stereocenters. The average molecular weight is 489 g/mol. The summed E-state index contributed by atoms with van der Waals surface area (Å²) in [4.78, 5) is 6.97. The highest BCUT2D eigenvalue weighted by Crippen LogP contribution is 2.40. The van der Waals surface area contributed by atoms with Gasteiger partial charge in [0, 0.05) is 41.3 Å². The average Bonchev–Trinajstić information content (AvgIpc) is 3.40. The molecule has 3 N–H and O–H groups in total. The number of rotatable bonds is 11. The fourth-order valence-corrected chi connectivity index (χ4v) is 6.97. The molecule has 1 aromatic heterocycles. The van der Waals surface area contributed by atoms with Gasteiger partial charge in [-0.3, -0.25) is 4.98 Å². The second kappa shape index (κ2) is 12.0. The van der Waals surface area contributed by atoms with E-state index in [1.54, 1.807) is 13.3 Å². The molecule has 1 aromatic carbocycles. The third-order valence-corrected chi connectivity index (χ3v) is 9.33. The Labute approximate surface area is 207 Å². The molecule has 0 spiro atoms. The molecular formula is C27H40N2O4S. The van der Waals surface area contributed by atoms with Gasteiger partial charge in [-0.05, 0) is 80.8 Å². The van der Waals surface area contributed by atoms with Crippen LogP contribution in [0.15, 0.2) is 24.4 Å². The highest BCUT2D eigenvalue weighted by atomic mass is 32.2. The summed E-state index contributed by atoms with van der Waals surface area (Å²) in [6.45, 7) is 3.14. The predicted octanol–water partition coefficient (Wildman–Crippen LogP) is 4.30. The van der Waals surface area contributed by atoms with Crippen molar-refractivity contribution in [3.63, 3.8) is 0 Å². The highest BCUT2D eigenvalue weighted by Gasteiger charge is 2.34. The van der Waals surface area contributed by atoms with Crippen LogP contribution in [0.1, 0.15) is 68.6 Å². The van der Waals surface area contributed by atoms with E-state index in [0.717, 1.165) is 60.6 Å². The minimum Gasteiger partial charge on any atom is -0.497 e. The van der Waals surface area contributed by atoms with E-state index in [1.165, 1.54) is 31.4 Å². The van der Waals surface area contributed by atoms with E-state index in [-0.39, 0.29) is 18.6 Å². The van der Waals surface area contributed by atoms with Gasteiger partial charge in [0.1, 0.15) is 5.75 Å². The van der Waals surface area contributed by atoms with Gasteiger partial charge in [-0.2, -0.15) is 11.8 Å². The minimum absolute atomic E-state index is 0.143. The molecule has 0 bridgehead atoms. The Morgan fingerprint density at radius 2 is 1.97 bits per heavy atom. The Morgan fingerprint density at radius 3 is 2.65 bits per heavy atom. The topological polar surface area (TPSA) is 86.0 Å². The number of piperidine rings is 1. The molecule has 2 aliphatic rings. The summed E-state index contributed by atoms with van der Waals surface area (Å²) in [5.41, 5.74) is 1.99. The number of methoxy groups -OCH3 is 1. The number of benzene rings is 1. The van der Waals surface area contributed by atoms with Crippen LogP contribution in [0.2, 0.25) is 0 Å². The molecule has 1 aliphatic carbocycles. The number of ether oxygens (including phenoxy) is 1. The van der Waals surface area contributed by atoms with Gasteiger partial charge in [-0.15, -0.1) is 0 Å². The molecule has 2 aromatic rings. The summed E-state index contributed by atoms with van der Waals surface area (Å²) in [5.74, 6) is 1.90. The summed E-state index contributed by atoms with van der Waals surface area (Å²) < 4.78 is 5.37. The van der Waals surface area contributed by atoms with E-state index in [2.05, 4.69) is 21.6 Å². The molecule has 7 heteroatoms. The van der Waals surface area contributed by atoms with Crippen molar-refractivity contribution in [3.8, 4) is 5.75 Å². The van der Waals surface area contributed by atoms with E-state index in [0.29, 0.717) is 17.7 Å². The molecule has 0 radical (unpaired) electrons. The third kappa shape index (κ3) is 6.05. The lowest BCUT2D eigenvalue weighted by atomic mass is 9.74. The minimum atomic E-state index is -0.732. The fraction of sp³-hybridized carbons (Fsp3) is 0.667. The molecule has 0 unspecified atom stereocenters. The molecule has 1 saturated heterocycles. The van der Waals surface area contributed by atoms with Crippen molar-refractivity contribution >= 4 is 22.7 Å². The van der Waals surface area contributed by atoms with Crippen molar-refractivity contribution in [1.82, 2.24) is 9.88 Å². The Balaban J connectivity index is 1.36. The summed E-state index contributed by atoms with van der Waals surface area (Å²) in [5, 5.41) is 33.1. The first-order chi connectivity index (χ1) is 16.6. The zero-order valence-corrected chi connectivity index (χ0v) is 21.2. The standard InChI is InChI=1S/C27H40N2O4S/c1-33-21-6-7-24-23(16-21)26(20(18-30)17-28-24)25(32)8-9-27(19-31)10-12-29(13-11-27)14-15-34-22-4-2-3-5-22/h6-7,16-17,22,25,30-32H,2-5,8-15,18-19H2,1H3/t25-/m1/s1. The van der Waals surface area contributed by atoms with E-state index in [4.69, 9.17) is 4.74 Å². The maximum Gasteiger partial charge on any atom is 0.119 e. The number of nitrogens with zero attached hydrogens (tertiary/aromatic N) is 2. The number of aromatic nitrogens is 1. The van der Waals surface area contributed by atoms with Crippen LogP contribution in [0, 0.1) is 5.41 Å². The first kappa shape index (κ1) is 25.7. The largest absolute Gasteiger partial charge is 0.497 e. The lowest BCUT2D eigenvalue weighted by molar-refractivity contribution is 0.0252. The number of pyridine rings is 1. The van der Waals surface area contributed by atoms with Crippen molar-refractivity contribution in [2.45, 2.75) is 69.3 Å². The van der Waals surface area contributed by atoms with Crippen molar-refractivity contribution < 1.29 is 20.1 Å². The van der Waals surface area contributed by atoms with Crippen LogP contribution in [0.25, 0.3) is 10.9 Å². The fourth-order valence-electron chi connectivity index (χ4n) is 5.61. The molecule has 6 nitrogen and oxygen atoms in total. The van der Waals surface area contributed by atoms with Gasteiger partial charge in [0.2, 0.25) is 0 Å². The van der Waals surface area contributed by atoms with E-state index in [9.17, 15) is 15.3 Å². The quantitative estimate of drug-likeness (QED) is 0.435. The Bertz CT molecular complexity index is 921. The molecule has 0 amide bonds. The summed E-state index contributed by atoms with van der Waals surface area (Å²) >= 11 is 2.14. The maximum atomic E-state index is 11.2. The number of aliphatic hydroxyl groups excluding tert-OH is 3. The number of fused-ring (bicyclic) bond motifs is 1. The lowest BCUT2D eigenvalue weighted by Gasteiger charge is -2.41. The molecule has 1 saturated carbocycles. The van der Waals surface area contributed by atoms with Crippen LogP contribution in [0.4, 0.5) is 0 Å². The monoisotopic (exact) mass is 488 g/mol. The molecule has 34 heavy (non-hydrogen) atoms. The van der Waals surface area contributed by atoms with E-state index < -0.39 is 6.10 Å². The van der Waals surface area contributed by atoms with Crippen molar-refractivity contribution in [2.24, 2.45) is 5.41 Å². The number of likely N-dealkylation sites (tertiary alicyclic amines) is 1. The van der Waals surface area contributed by atoms with Crippen LogP contribution in [-0.2, 0) is 6.61 Å². The first-order valence-electron chi connectivity index (χ1n) is 12.8. The van der Waals surface area contributed by atoms with Crippen molar-refractivity contribution in [1.29, 1.82) is 0 Å². The van der Waals surface area contributed by atoms with E-state index >= 15 is 0 Å². The SMILES string of the molecule is COc1ccc2ncc(CO)c([C@H](O)CCC3(CO)CCN(CCSC4CCCC4)CC3)c2c1. The van der Waals surface area contributed by atoms with Gasteiger partial charge in [0.15, 0.2) is 0 Å². The van der Waals surface area contributed by atoms with Crippen LogP contribution in [0.3, 0.4) is 0 Å². The molecular weight excluding hydrogens is 448 g/mol. The molecule has 2 fully saturated rings. The number of thioether (sulfide) groups is 1.